The van der Waals surface area contributed by atoms with Crippen molar-refractivity contribution in [2.24, 2.45) is 0 Å². The number of hydrogen-bond donors (Lipinski definition) is 2. The van der Waals surface area contributed by atoms with Crippen molar-refractivity contribution in [1.82, 2.24) is 0 Å². The largest absolute Gasteiger partial charge is 0.368 e. The molecule has 1 radical (unpaired) electrons. The Kier molecular flexibility index (Phi) is 5.01. The summed E-state index contributed by atoms with van der Waals surface area (Å²) in [6.45, 7) is 2.07. The summed E-state index contributed by atoms with van der Waals surface area (Å²) in [5.74, 6) is 0. The molecule has 0 aromatic heterocycles. The van der Waals surface area contributed by atoms with E-state index in [-0.39, 0.29) is 0 Å². The van der Waals surface area contributed by atoms with E-state index in [2.05, 4.69) is 6.92 Å². The van der Waals surface area contributed by atoms with Gasteiger partial charge in [0.15, 0.2) is 6.29 Å². The molecule has 0 saturated heterocycles. The van der Waals surface area contributed by atoms with Gasteiger partial charge in [0.05, 0.1) is 0 Å². The number of aliphatic hydroxyl groups excluding tert-OH is 1. The third-order valence-corrected chi connectivity index (χ3v) is 0.935. The average molecular weight is 117 g/mol. The Morgan fingerprint density at radius 3 is 2.50 bits per heavy atom. The van der Waals surface area contributed by atoms with E-state index in [1.165, 1.54) is 6.42 Å². The minimum atomic E-state index is -1.22. The second kappa shape index (κ2) is 5.06. The highest BCUT2D eigenvalue weighted by Gasteiger charge is 1.94. The van der Waals surface area contributed by atoms with Crippen LogP contribution in [0.1, 0.15) is 26.2 Å². The third kappa shape index (κ3) is 5.92. The van der Waals surface area contributed by atoms with Gasteiger partial charge in [0.2, 0.25) is 0 Å². The summed E-state index contributed by atoms with van der Waals surface area (Å²) >= 11 is 0. The van der Waals surface area contributed by atoms with Crippen LogP contribution in [0.15, 0.2) is 0 Å². The molecular formula is C6H13O2. The van der Waals surface area contributed by atoms with Gasteiger partial charge in [-0.25, -0.2) is 0 Å². The smallest absolute Gasteiger partial charge is 0.154 e. The number of unbranched alkanes of at least 4 members (excludes halogenated alkanes) is 2. The Morgan fingerprint density at radius 1 is 1.50 bits per heavy atom. The molecule has 0 fully saturated rings. The zero-order valence-electron chi connectivity index (χ0n) is 5.17. The maximum atomic E-state index is 8.28. The molecular weight excluding hydrogens is 104 g/mol. The van der Waals surface area contributed by atoms with Gasteiger partial charge in [-0.15, -0.1) is 0 Å². The van der Waals surface area contributed by atoms with Crippen LogP contribution in [0, 0.1) is 6.42 Å². The van der Waals surface area contributed by atoms with Gasteiger partial charge in [0, 0.05) is 6.42 Å². The van der Waals surface area contributed by atoms with E-state index in [0.717, 1.165) is 19.3 Å². The van der Waals surface area contributed by atoms with Crippen molar-refractivity contribution >= 4 is 0 Å². The Balaban J connectivity index is 2.72. The molecule has 2 heteroatoms. The quantitative estimate of drug-likeness (QED) is 0.420. The van der Waals surface area contributed by atoms with Crippen molar-refractivity contribution in [2.75, 3.05) is 0 Å². The summed E-state index contributed by atoms with van der Waals surface area (Å²) in [6.07, 6.45) is 3.21. The van der Waals surface area contributed by atoms with Crippen molar-refractivity contribution in [2.45, 2.75) is 32.5 Å². The van der Waals surface area contributed by atoms with Crippen molar-refractivity contribution in [3.8, 4) is 0 Å². The standard InChI is InChI=1S/C6H13O2/c1-2-3-4-5-6(7)8/h5-8H,2-4H2,1H3. The van der Waals surface area contributed by atoms with Crippen LogP contribution in [0.5, 0.6) is 0 Å². The average Bonchev–Trinajstić information content (AvgIpc) is 1.66. The Bertz CT molecular complexity index is 43.8. The molecule has 0 unspecified atom stereocenters. The van der Waals surface area contributed by atoms with Crippen LogP contribution in [0.2, 0.25) is 0 Å². The molecule has 0 saturated carbocycles. The van der Waals surface area contributed by atoms with Crippen LogP contribution in [-0.2, 0) is 0 Å². The van der Waals surface area contributed by atoms with Crippen molar-refractivity contribution in [3.63, 3.8) is 0 Å². The van der Waals surface area contributed by atoms with E-state index in [1.54, 1.807) is 0 Å². The lowest BCUT2D eigenvalue weighted by Gasteiger charge is -1.98. The van der Waals surface area contributed by atoms with Gasteiger partial charge in [-0.1, -0.05) is 19.8 Å². The molecule has 8 heavy (non-hydrogen) atoms. The van der Waals surface area contributed by atoms with Gasteiger partial charge >= 0.3 is 0 Å². The van der Waals surface area contributed by atoms with Crippen LogP contribution in [-0.4, -0.2) is 16.5 Å². The van der Waals surface area contributed by atoms with E-state index in [1.807, 2.05) is 0 Å². The predicted octanol–water partition coefficient (Wildman–Crippen LogP) is 0.692. The Hall–Kier alpha value is -0.0800. The highest BCUT2D eigenvalue weighted by Crippen LogP contribution is 1.98. The zero-order chi connectivity index (χ0) is 6.41. The molecule has 2 nitrogen and oxygen atoms in total. The van der Waals surface area contributed by atoms with Crippen molar-refractivity contribution in [3.05, 3.63) is 6.42 Å². The number of aliphatic hydroxyl groups is 2. The third-order valence-electron chi connectivity index (χ3n) is 0.935. The van der Waals surface area contributed by atoms with E-state index < -0.39 is 6.29 Å². The molecule has 0 aliphatic heterocycles. The second-order valence-electron chi connectivity index (χ2n) is 1.79. The topological polar surface area (TPSA) is 40.5 Å². The maximum Gasteiger partial charge on any atom is 0.154 e. The zero-order valence-corrected chi connectivity index (χ0v) is 5.17. The molecule has 0 aromatic carbocycles. The van der Waals surface area contributed by atoms with E-state index in [9.17, 15) is 0 Å². The first-order chi connectivity index (χ1) is 3.77. The van der Waals surface area contributed by atoms with Crippen molar-refractivity contribution < 1.29 is 10.2 Å². The normalized spacial score (nSPS) is 10.5. The van der Waals surface area contributed by atoms with Gasteiger partial charge < -0.3 is 10.2 Å². The van der Waals surface area contributed by atoms with Crippen LogP contribution >= 0.6 is 0 Å². The fourth-order valence-corrected chi connectivity index (χ4v) is 0.471. The first kappa shape index (κ1) is 7.92. The van der Waals surface area contributed by atoms with E-state index in [0.29, 0.717) is 0 Å². The summed E-state index contributed by atoms with van der Waals surface area (Å²) < 4.78 is 0. The fourth-order valence-electron chi connectivity index (χ4n) is 0.471. The molecule has 0 aromatic rings. The van der Waals surface area contributed by atoms with E-state index in [4.69, 9.17) is 10.2 Å². The summed E-state index contributed by atoms with van der Waals surface area (Å²) in [4.78, 5) is 0. The molecule has 0 spiro atoms. The minimum Gasteiger partial charge on any atom is -0.368 e. The maximum absolute atomic E-state index is 8.28. The number of hydrogen-bond acceptors (Lipinski definition) is 2. The van der Waals surface area contributed by atoms with Gasteiger partial charge in [0.1, 0.15) is 0 Å². The summed E-state index contributed by atoms with van der Waals surface area (Å²) in [7, 11) is 0. The van der Waals surface area contributed by atoms with Gasteiger partial charge in [-0.2, -0.15) is 0 Å². The monoisotopic (exact) mass is 117 g/mol. The van der Waals surface area contributed by atoms with E-state index >= 15 is 0 Å². The first-order valence-corrected chi connectivity index (χ1v) is 2.97. The molecule has 0 bridgehead atoms. The first-order valence-electron chi connectivity index (χ1n) is 2.97. The fraction of sp³-hybridized carbons (Fsp3) is 0.833. The van der Waals surface area contributed by atoms with Gasteiger partial charge in [0.25, 0.3) is 0 Å². The van der Waals surface area contributed by atoms with Crippen LogP contribution in [0.25, 0.3) is 0 Å². The molecule has 0 heterocycles. The number of rotatable bonds is 4. The second-order valence-corrected chi connectivity index (χ2v) is 1.79. The lowest BCUT2D eigenvalue weighted by Crippen LogP contribution is -2.03. The lowest BCUT2D eigenvalue weighted by molar-refractivity contribution is -0.0139. The summed E-state index contributed by atoms with van der Waals surface area (Å²) in [6, 6.07) is 0. The summed E-state index contributed by atoms with van der Waals surface area (Å²) in [5, 5.41) is 16.6. The minimum absolute atomic E-state index is 0.800. The summed E-state index contributed by atoms with van der Waals surface area (Å²) in [5.41, 5.74) is 0. The Morgan fingerprint density at radius 2 is 2.12 bits per heavy atom. The van der Waals surface area contributed by atoms with Crippen LogP contribution < -0.4 is 0 Å². The molecule has 0 amide bonds. The SMILES string of the molecule is CCCC[CH]C(O)O. The molecule has 2 N–H and O–H groups in total. The molecule has 0 aliphatic rings. The lowest BCUT2D eigenvalue weighted by atomic mass is 10.2. The predicted molar refractivity (Wildman–Crippen MR) is 32.1 cm³/mol. The molecule has 49 valence electrons. The van der Waals surface area contributed by atoms with Crippen LogP contribution in [0.4, 0.5) is 0 Å². The Labute approximate surface area is 50.2 Å². The van der Waals surface area contributed by atoms with Crippen molar-refractivity contribution in [1.29, 1.82) is 0 Å². The van der Waals surface area contributed by atoms with Gasteiger partial charge in [-0.3, -0.25) is 0 Å². The molecule has 0 rings (SSSR count). The van der Waals surface area contributed by atoms with Crippen LogP contribution in [0.3, 0.4) is 0 Å². The van der Waals surface area contributed by atoms with Gasteiger partial charge in [-0.05, 0) is 6.42 Å². The highest BCUT2D eigenvalue weighted by molar-refractivity contribution is 4.64. The molecule has 0 atom stereocenters. The highest BCUT2D eigenvalue weighted by atomic mass is 16.5. The molecule has 0 aliphatic carbocycles.